The van der Waals surface area contributed by atoms with Gasteiger partial charge in [-0.2, -0.15) is 5.10 Å². The molecule has 0 radical (unpaired) electrons. The number of hydrogen-bond donors (Lipinski definition) is 0. The number of likely N-dealkylation sites (tertiary alicyclic amines) is 1. The van der Waals surface area contributed by atoms with E-state index in [0.29, 0.717) is 19.5 Å². The van der Waals surface area contributed by atoms with Gasteiger partial charge in [0.2, 0.25) is 5.91 Å². The van der Waals surface area contributed by atoms with E-state index < -0.39 is 0 Å². The molecule has 8 heteroatoms. The molecular weight excluding hydrogens is 342 g/mol. The van der Waals surface area contributed by atoms with E-state index in [-0.39, 0.29) is 11.8 Å². The summed E-state index contributed by atoms with van der Waals surface area (Å²) in [5.41, 5.74) is 1.01. The van der Waals surface area contributed by atoms with Gasteiger partial charge in [-0.3, -0.25) is 14.5 Å². The Morgan fingerprint density at radius 2 is 2.19 bits per heavy atom. The average molecular weight is 365 g/mol. The second kappa shape index (κ2) is 8.11. The molecule has 0 unspecified atom stereocenters. The van der Waals surface area contributed by atoms with Gasteiger partial charge in [0.1, 0.15) is 18.5 Å². The molecule has 1 aliphatic heterocycles. The maximum atomic E-state index is 12.6. The quantitative estimate of drug-likeness (QED) is 0.664. The number of piperidine rings is 1. The van der Waals surface area contributed by atoms with Crippen molar-refractivity contribution < 1.29 is 4.79 Å². The number of carbonyl (C=O) groups excluding carboxylic acids is 1. The SMILES string of the molecule is O=C(CCn1cncn1)N1CCC[C@@H](c2nccn2Cc2ccccn2)C1. The summed E-state index contributed by atoms with van der Waals surface area (Å²) in [6.45, 7) is 2.80. The van der Waals surface area contributed by atoms with Crippen molar-refractivity contribution in [2.75, 3.05) is 13.1 Å². The molecule has 1 saturated heterocycles. The highest BCUT2D eigenvalue weighted by Gasteiger charge is 2.27. The zero-order valence-corrected chi connectivity index (χ0v) is 15.2. The number of nitrogens with zero attached hydrogens (tertiary/aromatic N) is 7. The fourth-order valence-electron chi connectivity index (χ4n) is 3.61. The lowest BCUT2D eigenvalue weighted by Crippen LogP contribution is -2.40. The normalized spacial score (nSPS) is 17.2. The summed E-state index contributed by atoms with van der Waals surface area (Å²) in [5, 5.41) is 4.06. The van der Waals surface area contributed by atoms with Crippen LogP contribution in [0.25, 0.3) is 0 Å². The fraction of sp³-hybridized carbons (Fsp3) is 0.421. The molecule has 1 fully saturated rings. The van der Waals surface area contributed by atoms with Gasteiger partial charge in [0.15, 0.2) is 0 Å². The third kappa shape index (κ3) is 4.21. The monoisotopic (exact) mass is 365 g/mol. The summed E-state index contributed by atoms with van der Waals surface area (Å²) in [4.78, 5) is 27.5. The van der Waals surface area contributed by atoms with Crippen molar-refractivity contribution in [3.05, 3.63) is 61.0 Å². The Morgan fingerprint density at radius 3 is 3.00 bits per heavy atom. The Balaban J connectivity index is 1.40. The molecule has 0 N–H and O–H groups in total. The molecule has 0 aromatic carbocycles. The Bertz CT molecular complexity index is 859. The number of amides is 1. The maximum absolute atomic E-state index is 12.6. The van der Waals surface area contributed by atoms with Gasteiger partial charge >= 0.3 is 0 Å². The Hall–Kier alpha value is -3.03. The van der Waals surface area contributed by atoms with Crippen molar-refractivity contribution in [2.45, 2.75) is 38.3 Å². The standard InChI is InChI=1S/C19H23N7O/c27-18(6-10-26-15-20-14-23-26)24-9-3-4-16(12-24)19-22-8-11-25(19)13-17-5-1-2-7-21-17/h1-2,5,7-8,11,14-16H,3-4,6,9-10,12-13H2/t16-/m1/s1. The lowest BCUT2D eigenvalue weighted by molar-refractivity contribution is -0.132. The van der Waals surface area contributed by atoms with Gasteiger partial charge < -0.3 is 9.47 Å². The van der Waals surface area contributed by atoms with E-state index >= 15 is 0 Å². The molecule has 0 saturated carbocycles. The molecule has 1 atom stereocenters. The van der Waals surface area contributed by atoms with E-state index in [9.17, 15) is 4.79 Å². The largest absolute Gasteiger partial charge is 0.342 e. The van der Waals surface area contributed by atoms with Crippen LogP contribution in [0.1, 0.15) is 36.7 Å². The van der Waals surface area contributed by atoms with Crippen LogP contribution in [-0.4, -0.2) is 53.2 Å². The summed E-state index contributed by atoms with van der Waals surface area (Å²) in [6, 6.07) is 5.93. The van der Waals surface area contributed by atoms with Crippen molar-refractivity contribution in [3.8, 4) is 0 Å². The minimum absolute atomic E-state index is 0.165. The molecular formula is C19H23N7O. The predicted octanol–water partition coefficient (Wildman–Crippen LogP) is 1.71. The Kier molecular flexibility index (Phi) is 5.22. The van der Waals surface area contributed by atoms with Crippen LogP contribution in [0.4, 0.5) is 0 Å². The third-order valence-electron chi connectivity index (χ3n) is 4.97. The number of pyridine rings is 1. The van der Waals surface area contributed by atoms with Crippen LogP contribution in [0.3, 0.4) is 0 Å². The van der Waals surface area contributed by atoms with Gasteiger partial charge in [-0.15, -0.1) is 0 Å². The molecule has 0 bridgehead atoms. The Labute approximate surface area is 157 Å². The van der Waals surface area contributed by atoms with E-state index in [4.69, 9.17) is 0 Å². The van der Waals surface area contributed by atoms with Crippen molar-refractivity contribution in [1.82, 2.24) is 34.2 Å². The van der Waals surface area contributed by atoms with Gasteiger partial charge in [0.25, 0.3) is 0 Å². The van der Waals surface area contributed by atoms with Crippen molar-refractivity contribution in [3.63, 3.8) is 0 Å². The molecule has 8 nitrogen and oxygen atoms in total. The van der Waals surface area contributed by atoms with Crippen LogP contribution >= 0.6 is 0 Å². The van der Waals surface area contributed by atoms with Gasteiger partial charge in [-0.25, -0.2) is 9.97 Å². The summed E-state index contributed by atoms with van der Waals surface area (Å²) >= 11 is 0. The smallest absolute Gasteiger partial charge is 0.224 e. The Morgan fingerprint density at radius 1 is 1.22 bits per heavy atom. The minimum atomic E-state index is 0.165. The molecule has 4 rings (SSSR count). The molecule has 1 aliphatic rings. The first-order valence-corrected chi connectivity index (χ1v) is 9.31. The van der Waals surface area contributed by atoms with Crippen molar-refractivity contribution in [1.29, 1.82) is 0 Å². The van der Waals surface area contributed by atoms with Gasteiger partial charge in [-0.05, 0) is 25.0 Å². The summed E-state index contributed by atoms with van der Waals surface area (Å²) in [6.07, 6.45) is 11.3. The van der Waals surface area contributed by atoms with E-state index in [1.54, 1.807) is 11.0 Å². The lowest BCUT2D eigenvalue weighted by atomic mass is 9.96. The number of carbonyl (C=O) groups is 1. The third-order valence-corrected chi connectivity index (χ3v) is 4.97. The average Bonchev–Trinajstić information content (AvgIpc) is 3.39. The van der Waals surface area contributed by atoms with E-state index in [1.807, 2.05) is 41.7 Å². The number of imidazole rings is 1. The number of rotatable bonds is 6. The highest BCUT2D eigenvalue weighted by molar-refractivity contribution is 5.76. The second-order valence-corrected chi connectivity index (χ2v) is 6.82. The van der Waals surface area contributed by atoms with Gasteiger partial charge in [0.05, 0.1) is 18.8 Å². The van der Waals surface area contributed by atoms with Gasteiger partial charge in [-0.1, -0.05) is 6.07 Å². The maximum Gasteiger partial charge on any atom is 0.224 e. The molecule has 4 heterocycles. The number of aromatic nitrogens is 6. The zero-order valence-electron chi connectivity index (χ0n) is 15.2. The molecule has 3 aromatic heterocycles. The summed E-state index contributed by atoms with van der Waals surface area (Å²) in [7, 11) is 0. The van der Waals surface area contributed by atoms with Crippen molar-refractivity contribution in [2.24, 2.45) is 0 Å². The highest BCUT2D eigenvalue weighted by atomic mass is 16.2. The molecule has 1 amide bonds. The number of hydrogen-bond acceptors (Lipinski definition) is 5. The molecule has 0 aliphatic carbocycles. The zero-order chi connectivity index (χ0) is 18.5. The van der Waals surface area contributed by atoms with E-state index in [2.05, 4.69) is 24.6 Å². The van der Waals surface area contributed by atoms with Crippen LogP contribution in [0.15, 0.2) is 49.4 Å². The highest BCUT2D eigenvalue weighted by Crippen LogP contribution is 2.26. The number of aryl methyl sites for hydroxylation is 1. The first kappa shape index (κ1) is 17.4. The second-order valence-electron chi connectivity index (χ2n) is 6.82. The molecule has 0 spiro atoms. The molecule has 3 aromatic rings. The van der Waals surface area contributed by atoms with E-state index in [1.165, 1.54) is 6.33 Å². The topological polar surface area (TPSA) is 81.7 Å². The van der Waals surface area contributed by atoms with Crippen LogP contribution in [-0.2, 0) is 17.9 Å². The summed E-state index contributed by atoms with van der Waals surface area (Å²) < 4.78 is 3.84. The van der Waals surface area contributed by atoms with Crippen LogP contribution in [0, 0.1) is 0 Å². The van der Waals surface area contributed by atoms with Crippen molar-refractivity contribution >= 4 is 5.91 Å². The molecule has 140 valence electrons. The predicted molar refractivity (Wildman–Crippen MR) is 98.8 cm³/mol. The first-order valence-electron chi connectivity index (χ1n) is 9.31. The van der Waals surface area contributed by atoms with Crippen LogP contribution in [0.5, 0.6) is 0 Å². The van der Waals surface area contributed by atoms with Gasteiger partial charge in [0, 0.05) is 44.0 Å². The minimum Gasteiger partial charge on any atom is -0.342 e. The van der Waals surface area contributed by atoms with Crippen LogP contribution in [0.2, 0.25) is 0 Å². The molecule has 27 heavy (non-hydrogen) atoms. The fourth-order valence-corrected chi connectivity index (χ4v) is 3.61. The first-order chi connectivity index (χ1) is 13.3. The lowest BCUT2D eigenvalue weighted by Gasteiger charge is -2.32. The van der Waals surface area contributed by atoms with Crippen LogP contribution < -0.4 is 0 Å². The summed E-state index contributed by atoms with van der Waals surface area (Å²) in [5.74, 6) is 1.46. The van der Waals surface area contributed by atoms with E-state index in [0.717, 1.165) is 37.4 Å².